The Morgan fingerprint density at radius 1 is 1.24 bits per heavy atom. The molecule has 1 aromatic carbocycles. The van der Waals surface area contributed by atoms with E-state index < -0.39 is 0 Å². The van der Waals surface area contributed by atoms with Crippen molar-refractivity contribution in [1.82, 2.24) is 4.90 Å². The summed E-state index contributed by atoms with van der Waals surface area (Å²) in [6.07, 6.45) is 8.36. The van der Waals surface area contributed by atoms with Gasteiger partial charge in [-0.3, -0.25) is 4.90 Å². The number of hydrogen-bond acceptors (Lipinski definition) is 2. The SMILES string of the molecule is Cc1ccc2c(c1)CC(CN(CCBr)C1CCCCC1)O2. The largest absolute Gasteiger partial charge is 0.488 e. The second kappa shape index (κ2) is 7.15. The Balaban J connectivity index is 1.61. The molecule has 2 nitrogen and oxygen atoms in total. The van der Waals surface area contributed by atoms with Crippen molar-refractivity contribution in [3.05, 3.63) is 29.3 Å². The molecule has 1 heterocycles. The van der Waals surface area contributed by atoms with Gasteiger partial charge in [0.15, 0.2) is 0 Å². The molecule has 1 atom stereocenters. The normalized spacial score (nSPS) is 22.3. The molecule has 0 aromatic heterocycles. The van der Waals surface area contributed by atoms with Gasteiger partial charge in [0.25, 0.3) is 0 Å². The summed E-state index contributed by atoms with van der Waals surface area (Å²) < 4.78 is 6.17. The van der Waals surface area contributed by atoms with Gasteiger partial charge in [0.2, 0.25) is 0 Å². The maximum absolute atomic E-state index is 6.17. The monoisotopic (exact) mass is 351 g/mol. The van der Waals surface area contributed by atoms with Crippen LogP contribution < -0.4 is 4.74 Å². The van der Waals surface area contributed by atoms with E-state index in [0.29, 0.717) is 6.10 Å². The zero-order valence-corrected chi connectivity index (χ0v) is 14.6. The molecule has 21 heavy (non-hydrogen) atoms. The Hall–Kier alpha value is -0.540. The Morgan fingerprint density at radius 3 is 2.81 bits per heavy atom. The van der Waals surface area contributed by atoms with E-state index in [1.165, 1.54) is 43.2 Å². The third-order valence-electron chi connectivity index (χ3n) is 4.86. The fourth-order valence-corrected chi connectivity index (χ4v) is 4.25. The molecule has 1 aliphatic carbocycles. The fraction of sp³-hybridized carbons (Fsp3) is 0.667. The second-order valence-corrected chi connectivity index (χ2v) is 7.32. The minimum Gasteiger partial charge on any atom is -0.488 e. The van der Waals surface area contributed by atoms with E-state index >= 15 is 0 Å². The number of ether oxygens (including phenoxy) is 1. The predicted octanol–water partition coefficient (Wildman–Crippen LogP) is 4.33. The number of halogens is 1. The van der Waals surface area contributed by atoms with Gasteiger partial charge in [-0.25, -0.2) is 0 Å². The number of benzene rings is 1. The van der Waals surface area contributed by atoms with Crippen LogP contribution in [0.1, 0.15) is 43.2 Å². The lowest BCUT2D eigenvalue weighted by atomic mass is 9.94. The zero-order valence-electron chi connectivity index (χ0n) is 13.0. The number of nitrogens with zero attached hydrogens (tertiary/aromatic N) is 1. The molecule has 3 rings (SSSR count). The van der Waals surface area contributed by atoms with Crippen molar-refractivity contribution in [1.29, 1.82) is 0 Å². The van der Waals surface area contributed by atoms with Crippen molar-refractivity contribution in [3.8, 4) is 5.75 Å². The van der Waals surface area contributed by atoms with Crippen molar-refractivity contribution in [2.75, 3.05) is 18.4 Å². The van der Waals surface area contributed by atoms with Crippen LogP contribution >= 0.6 is 15.9 Å². The molecule has 0 saturated heterocycles. The Morgan fingerprint density at radius 2 is 2.05 bits per heavy atom. The fourth-order valence-electron chi connectivity index (χ4n) is 3.79. The smallest absolute Gasteiger partial charge is 0.123 e. The highest BCUT2D eigenvalue weighted by Crippen LogP contribution is 2.31. The summed E-state index contributed by atoms with van der Waals surface area (Å²) in [4.78, 5) is 2.66. The number of aryl methyl sites for hydroxylation is 1. The van der Waals surface area contributed by atoms with Crippen molar-refractivity contribution in [2.45, 2.75) is 57.6 Å². The zero-order chi connectivity index (χ0) is 14.7. The molecule has 0 amide bonds. The molecule has 1 saturated carbocycles. The van der Waals surface area contributed by atoms with Gasteiger partial charge < -0.3 is 4.74 Å². The standard InChI is InChI=1S/C18H26BrNO/c1-14-7-8-18-15(11-14)12-17(21-18)13-20(10-9-19)16-5-3-2-4-6-16/h7-8,11,16-17H,2-6,9-10,12-13H2,1H3. The maximum atomic E-state index is 6.17. The van der Waals surface area contributed by atoms with Crippen molar-refractivity contribution in [2.24, 2.45) is 0 Å². The van der Waals surface area contributed by atoms with E-state index in [0.717, 1.165) is 36.6 Å². The molecule has 116 valence electrons. The van der Waals surface area contributed by atoms with Gasteiger partial charge in [0.05, 0.1) is 0 Å². The summed E-state index contributed by atoms with van der Waals surface area (Å²) in [5, 5.41) is 1.06. The van der Waals surface area contributed by atoms with E-state index in [9.17, 15) is 0 Å². The van der Waals surface area contributed by atoms with Crippen LogP contribution in [0.5, 0.6) is 5.75 Å². The Kier molecular flexibility index (Phi) is 5.23. The van der Waals surface area contributed by atoms with Crippen LogP contribution in [0, 0.1) is 6.92 Å². The van der Waals surface area contributed by atoms with Crippen LogP contribution in [-0.4, -0.2) is 35.5 Å². The maximum Gasteiger partial charge on any atom is 0.123 e. The summed E-state index contributed by atoms with van der Waals surface area (Å²) in [5.41, 5.74) is 2.73. The molecular formula is C18H26BrNO. The molecule has 1 aliphatic heterocycles. The summed E-state index contributed by atoms with van der Waals surface area (Å²) in [6, 6.07) is 7.34. The summed E-state index contributed by atoms with van der Waals surface area (Å²) in [7, 11) is 0. The predicted molar refractivity (Wildman–Crippen MR) is 91.5 cm³/mol. The number of hydrogen-bond donors (Lipinski definition) is 0. The van der Waals surface area contributed by atoms with E-state index in [1.807, 2.05) is 0 Å². The first kappa shape index (κ1) is 15.4. The van der Waals surface area contributed by atoms with Gasteiger partial charge in [-0.1, -0.05) is 52.9 Å². The molecule has 0 bridgehead atoms. The average Bonchev–Trinajstić information content (AvgIpc) is 2.89. The third kappa shape index (κ3) is 3.81. The van der Waals surface area contributed by atoms with E-state index in [1.54, 1.807) is 0 Å². The molecule has 0 spiro atoms. The summed E-state index contributed by atoms with van der Waals surface area (Å²) in [6.45, 7) is 4.37. The number of rotatable bonds is 5. The highest BCUT2D eigenvalue weighted by Gasteiger charge is 2.28. The lowest BCUT2D eigenvalue weighted by Crippen LogP contribution is -2.43. The van der Waals surface area contributed by atoms with Gasteiger partial charge in [0, 0.05) is 30.9 Å². The molecule has 0 N–H and O–H groups in total. The van der Waals surface area contributed by atoms with Crippen molar-refractivity contribution in [3.63, 3.8) is 0 Å². The second-order valence-electron chi connectivity index (χ2n) is 6.53. The molecule has 3 heteroatoms. The summed E-state index contributed by atoms with van der Waals surface area (Å²) in [5.74, 6) is 1.10. The van der Waals surface area contributed by atoms with Crippen LogP contribution in [0.4, 0.5) is 0 Å². The highest BCUT2D eigenvalue weighted by molar-refractivity contribution is 9.09. The highest BCUT2D eigenvalue weighted by atomic mass is 79.9. The van der Waals surface area contributed by atoms with Crippen LogP contribution in [-0.2, 0) is 6.42 Å². The minimum absolute atomic E-state index is 0.336. The first-order valence-electron chi connectivity index (χ1n) is 8.32. The third-order valence-corrected chi connectivity index (χ3v) is 5.21. The van der Waals surface area contributed by atoms with Crippen LogP contribution in [0.15, 0.2) is 18.2 Å². The van der Waals surface area contributed by atoms with Gasteiger partial charge in [-0.15, -0.1) is 0 Å². The van der Waals surface area contributed by atoms with Crippen LogP contribution in [0.25, 0.3) is 0 Å². The van der Waals surface area contributed by atoms with E-state index in [2.05, 4.69) is 46.0 Å². The Bertz CT molecular complexity index is 470. The first-order valence-corrected chi connectivity index (χ1v) is 9.44. The molecule has 0 radical (unpaired) electrons. The quantitative estimate of drug-likeness (QED) is 0.732. The number of fused-ring (bicyclic) bond motifs is 1. The Labute approximate surface area is 137 Å². The van der Waals surface area contributed by atoms with Crippen molar-refractivity contribution >= 4 is 15.9 Å². The molecule has 1 unspecified atom stereocenters. The topological polar surface area (TPSA) is 12.5 Å². The van der Waals surface area contributed by atoms with Gasteiger partial charge in [-0.05, 0) is 31.4 Å². The van der Waals surface area contributed by atoms with E-state index in [-0.39, 0.29) is 0 Å². The molecule has 2 aliphatic rings. The minimum atomic E-state index is 0.336. The molecule has 1 aromatic rings. The van der Waals surface area contributed by atoms with Gasteiger partial charge in [-0.2, -0.15) is 0 Å². The molecular weight excluding hydrogens is 326 g/mol. The van der Waals surface area contributed by atoms with Gasteiger partial charge in [0.1, 0.15) is 11.9 Å². The van der Waals surface area contributed by atoms with Crippen LogP contribution in [0.3, 0.4) is 0 Å². The lowest BCUT2D eigenvalue weighted by molar-refractivity contribution is 0.103. The van der Waals surface area contributed by atoms with Crippen molar-refractivity contribution < 1.29 is 4.74 Å². The van der Waals surface area contributed by atoms with E-state index in [4.69, 9.17) is 4.74 Å². The number of alkyl halides is 1. The average molecular weight is 352 g/mol. The summed E-state index contributed by atoms with van der Waals surface area (Å²) >= 11 is 3.62. The van der Waals surface area contributed by atoms with Gasteiger partial charge >= 0.3 is 0 Å². The first-order chi connectivity index (χ1) is 10.3. The molecule has 1 fully saturated rings. The lowest BCUT2D eigenvalue weighted by Gasteiger charge is -2.35. The van der Waals surface area contributed by atoms with Crippen LogP contribution in [0.2, 0.25) is 0 Å².